The summed E-state index contributed by atoms with van der Waals surface area (Å²) in [7, 11) is 0. The van der Waals surface area contributed by atoms with Gasteiger partial charge >= 0.3 is 0 Å². The lowest BCUT2D eigenvalue weighted by Gasteiger charge is -2.35. The van der Waals surface area contributed by atoms with Gasteiger partial charge in [-0.3, -0.25) is 4.79 Å². The van der Waals surface area contributed by atoms with Crippen LogP contribution in [0.5, 0.6) is 0 Å². The first-order valence-corrected chi connectivity index (χ1v) is 9.01. The monoisotopic (exact) mass is 385 g/mol. The Balaban J connectivity index is 1.34. The SMILES string of the molecule is O=C(c1cn(C[C@@H](O)c2ccco2)nn1)N1CCN(c2ccc(F)cc2)CC1. The van der Waals surface area contributed by atoms with E-state index < -0.39 is 6.10 Å². The van der Waals surface area contributed by atoms with Gasteiger partial charge in [0.05, 0.1) is 19.0 Å². The van der Waals surface area contributed by atoms with Crippen molar-refractivity contribution in [1.29, 1.82) is 0 Å². The highest BCUT2D eigenvalue weighted by molar-refractivity contribution is 5.92. The number of aliphatic hydroxyl groups excluding tert-OH is 1. The zero-order chi connectivity index (χ0) is 19.5. The van der Waals surface area contributed by atoms with Gasteiger partial charge in [-0.2, -0.15) is 0 Å². The van der Waals surface area contributed by atoms with E-state index in [1.807, 2.05) is 0 Å². The molecule has 0 spiro atoms. The molecule has 1 fully saturated rings. The molecule has 0 radical (unpaired) electrons. The number of amides is 1. The van der Waals surface area contributed by atoms with Gasteiger partial charge in [-0.1, -0.05) is 5.21 Å². The van der Waals surface area contributed by atoms with Crippen molar-refractivity contribution in [1.82, 2.24) is 19.9 Å². The summed E-state index contributed by atoms with van der Waals surface area (Å²) in [6.07, 6.45) is 2.15. The van der Waals surface area contributed by atoms with E-state index in [0.717, 1.165) is 5.69 Å². The van der Waals surface area contributed by atoms with Gasteiger partial charge in [0, 0.05) is 31.9 Å². The number of anilines is 1. The van der Waals surface area contributed by atoms with E-state index in [0.29, 0.717) is 31.9 Å². The van der Waals surface area contributed by atoms with Crippen molar-refractivity contribution < 1.29 is 18.7 Å². The average Bonchev–Trinajstić information content (AvgIpc) is 3.40. The molecule has 1 atom stereocenters. The molecule has 0 bridgehead atoms. The first-order chi connectivity index (χ1) is 13.6. The smallest absolute Gasteiger partial charge is 0.276 e. The molecule has 1 amide bonds. The molecule has 0 aliphatic carbocycles. The predicted molar refractivity (Wildman–Crippen MR) is 98.2 cm³/mol. The second-order valence-electron chi connectivity index (χ2n) is 6.61. The zero-order valence-electron chi connectivity index (χ0n) is 15.1. The van der Waals surface area contributed by atoms with E-state index in [1.54, 1.807) is 29.2 Å². The summed E-state index contributed by atoms with van der Waals surface area (Å²) in [5.74, 6) is -0.0319. The van der Waals surface area contributed by atoms with Gasteiger partial charge in [0.25, 0.3) is 5.91 Å². The quantitative estimate of drug-likeness (QED) is 0.719. The Kier molecular flexibility index (Phi) is 5.07. The highest BCUT2D eigenvalue weighted by Gasteiger charge is 2.24. The zero-order valence-corrected chi connectivity index (χ0v) is 15.1. The molecule has 1 aliphatic rings. The average molecular weight is 385 g/mol. The van der Waals surface area contributed by atoms with Crippen LogP contribution in [0.1, 0.15) is 22.4 Å². The molecule has 3 heterocycles. The van der Waals surface area contributed by atoms with Crippen LogP contribution in [0, 0.1) is 5.82 Å². The number of halogens is 1. The molecule has 3 aromatic rings. The highest BCUT2D eigenvalue weighted by Crippen LogP contribution is 2.18. The van der Waals surface area contributed by atoms with Crippen LogP contribution in [0.4, 0.5) is 10.1 Å². The van der Waals surface area contributed by atoms with Gasteiger partial charge in [-0.25, -0.2) is 9.07 Å². The summed E-state index contributed by atoms with van der Waals surface area (Å²) < 4.78 is 19.6. The van der Waals surface area contributed by atoms with Crippen LogP contribution in [-0.2, 0) is 6.54 Å². The number of hydrogen-bond acceptors (Lipinski definition) is 6. The number of piperazine rings is 1. The number of hydrogen-bond donors (Lipinski definition) is 1. The molecule has 1 saturated heterocycles. The normalized spacial score (nSPS) is 15.6. The summed E-state index contributed by atoms with van der Waals surface area (Å²) in [5.41, 5.74) is 1.17. The molecule has 9 heteroatoms. The third kappa shape index (κ3) is 3.89. The Bertz CT molecular complexity index is 917. The number of rotatable bonds is 5. The number of benzene rings is 1. The van der Waals surface area contributed by atoms with Crippen LogP contribution >= 0.6 is 0 Å². The summed E-state index contributed by atoms with van der Waals surface area (Å²) in [5, 5.41) is 18.0. The van der Waals surface area contributed by atoms with Crippen LogP contribution in [0.15, 0.2) is 53.3 Å². The van der Waals surface area contributed by atoms with E-state index in [1.165, 1.54) is 29.3 Å². The minimum Gasteiger partial charge on any atom is -0.467 e. The maximum absolute atomic E-state index is 13.1. The van der Waals surface area contributed by atoms with Crippen molar-refractivity contribution in [3.63, 3.8) is 0 Å². The molecule has 1 aromatic carbocycles. The Morgan fingerprint density at radius 1 is 1.18 bits per heavy atom. The Hall–Kier alpha value is -3.20. The topological polar surface area (TPSA) is 87.6 Å². The van der Waals surface area contributed by atoms with Crippen LogP contribution in [0.2, 0.25) is 0 Å². The highest BCUT2D eigenvalue weighted by atomic mass is 19.1. The van der Waals surface area contributed by atoms with Crippen molar-refractivity contribution >= 4 is 11.6 Å². The minimum absolute atomic E-state index is 0.145. The van der Waals surface area contributed by atoms with E-state index in [9.17, 15) is 14.3 Å². The largest absolute Gasteiger partial charge is 0.467 e. The Morgan fingerprint density at radius 3 is 2.61 bits per heavy atom. The molecule has 28 heavy (non-hydrogen) atoms. The van der Waals surface area contributed by atoms with Gasteiger partial charge in [0.15, 0.2) is 5.69 Å². The fraction of sp³-hybridized carbons (Fsp3) is 0.316. The molecular weight excluding hydrogens is 365 g/mol. The molecule has 1 N–H and O–H groups in total. The molecule has 8 nitrogen and oxygen atoms in total. The lowest BCUT2D eigenvalue weighted by atomic mass is 10.2. The summed E-state index contributed by atoms with van der Waals surface area (Å²) in [4.78, 5) is 16.5. The molecule has 4 rings (SSSR count). The number of nitrogens with zero attached hydrogens (tertiary/aromatic N) is 5. The standard InChI is InChI=1S/C19H20FN5O3/c20-14-3-5-15(6-4-14)23-7-9-24(10-8-23)19(27)16-12-25(22-21-16)13-17(26)18-2-1-11-28-18/h1-6,11-12,17,26H,7-10,13H2/t17-/m1/s1. The number of carbonyl (C=O) groups is 1. The van der Waals surface area contributed by atoms with Crippen molar-refractivity contribution in [2.24, 2.45) is 0 Å². The molecule has 1 aliphatic heterocycles. The van der Waals surface area contributed by atoms with Gasteiger partial charge in [-0.05, 0) is 36.4 Å². The predicted octanol–water partition coefficient (Wildman–Crippen LogP) is 1.71. The number of furan rings is 1. The van der Waals surface area contributed by atoms with Gasteiger partial charge in [0.1, 0.15) is 17.7 Å². The Morgan fingerprint density at radius 2 is 1.93 bits per heavy atom. The molecule has 0 saturated carbocycles. The Labute approximate surface area is 160 Å². The maximum atomic E-state index is 13.1. The molecule has 146 valence electrons. The fourth-order valence-corrected chi connectivity index (χ4v) is 3.22. The van der Waals surface area contributed by atoms with Gasteiger partial charge in [-0.15, -0.1) is 5.10 Å². The lowest BCUT2D eigenvalue weighted by Crippen LogP contribution is -2.48. The van der Waals surface area contributed by atoms with Crippen molar-refractivity contribution in [2.45, 2.75) is 12.6 Å². The molecule has 0 unspecified atom stereocenters. The van der Waals surface area contributed by atoms with Crippen LogP contribution in [-0.4, -0.2) is 57.1 Å². The van der Waals surface area contributed by atoms with Crippen molar-refractivity contribution in [3.05, 3.63) is 66.1 Å². The summed E-state index contributed by atoms with van der Waals surface area (Å²) >= 11 is 0. The van der Waals surface area contributed by atoms with E-state index >= 15 is 0 Å². The van der Waals surface area contributed by atoms with E-state index in [-0.39, 0.29) is 24.0 Å². The maximum Gasteiger partial charge on any atom is 0.276 e. The lowest BCUT2D eigenvalue weighted by molar-refractivity contribution is 0.0740. The van der Waals surface area contributed by atoms with Crippen molar-refractivity contribution in [2.75, 3.05) is 31.1 Å². The second-order valence-corrected chi connectivity index (χ2v) is 6.61. The van der Waals surface area contributed by atoms with E-state index in [4.69, 9.17) is 4.42 Å². The van der Waals surface area contributed by atoms with Crippen molar-refractivity contribution in [3.8, 4) is 0 Å². The van der Waals surface area contributed by atoms with Crippen LogP contribution in [0.3, 0.4) is 0 Å². The fourth-order valence-electron chi connectivity index (χ4n) is 3.22. The van der Waals surface area contributed by atoms with Crippen LogP contribution < -0.4 is 4.90 Å². The number of aromatic nitrogens is 3. The third-order valence-corrected chi connectivity index (χ3v) is 4.75. The number of carbonyl (C=O) groups excluding carboxylic acids is 1. The molecule has 2 aromatic heterocycles. The van der Waals surface area contributed by atoms with Gasteiger partial charge < -0.3 is 19.3 Å². The third-order valence-electron chi connectivity index (χ3n) is 4.75. The minimum atomic E-state index is -0.862. The summed E-state index contributed by atoms with van der Waals surface area (Å²) in [6, 6.07) is 9.71. The first-order valence-electron chi connectivity index (χ1n) is 9.01. The number of aliphatic hydroxyl groups is 1. The second kappa shape index (κ2) is 7.81. The van der Waals surface area contributed by atoms with Gasteiger partial charge in [0.2, 0.25) is 0 Å². The first kappa shape index (κ1) is 18.2. The summed E-state index contributed by atoms with van der Waals surface area (Å²) in [6.45, 7) is 2.54. The van der Waals surface area contributed by atoms with E-state index in [2.05, 4.69) is 15.2 Å². The molecular formula is C19H20FN5O3. The van der Waals surface area contributed by atoms with Crippen LogP contribution in [0.25, 0.3) is 0 Å².